The Balaban J connectivity index is 1.76. The van der Waals surface area contributed by atoms with Gasteiger partial charge >= 0.3 is 12.1 Å². The van der Waals surface area contributed by atoms with Crippen LogP contribution in [0.3, 0.4) is 0 Å². The van der Waals surface area contributed by atoms with Crippen molar-refractivity contribution in [2.24, 2.45) is 11.8 Å². The molecule has 1 aliphatic carbocycles. The molecule has 1 aliphatic heterocycles. The largest absolute Gasteiger partial charge is 0.459 e. The molecule has 150 valence electrons. The Bertz CT molecular complexity index is 485. The lowest BCUT2D eigenvalue weighted by molar-refractivity contribution is -0.169. The first kappa shape index (κ1) is 21.0. The zero-order valence-corrected chi connectivity index (χ0v) is 17.0. The SMILES string of the molecule is CC(C)(C)OC(=O)NC1CCC(C(=O)OC(C)(C)C2CCNCC2)CC1. The highest BCUT2D eigenvalue weighted by atomic mass is 16.6. The van der Waals surface area contributed by atoms with Gasteiger partial charge in [-0.2, -0.15) is 0 Å². The van der Waals surface area contributed by atoms with E-state index in [-0.39, 0.29) is 24.0 Å². The molecule has 0 aromatic rings. The number of piperidine rings is 1. The van der Waals surface area contributed by atoms with Crippen molar-refractivity contribution in [1.82, 2.24) is 10.6 Å². The smallest absolute Gasteiger partial charge is 0.407 e. The molecule has 1 saturated heterocycles. The summed E-state index contributed by atoms with van der Waals surface area (Å²) in [4.78, 5) is 24.5. The van der Waals surface area contributed by atoms with Gasteiger partial charge in [-0.3, -0.25) is 4.79 Å². The van der Waals surface area contributed by atoms with Crippen LogP contribution >= 0.6 is 0 Å². The van der Waals surface area contributed by atoms with Crippen molar-refractivity contribution in [3.63, 3.8) is 0 Å². The summed E-state index contributed by atoms with van der Waals surface area (Å²) in [6, 6.07) is 0.0753. The molecule has 0 radical (unpaired) electrons. The van der Waals surface area contributed by atoms with Crippen molar-refractivity contribution >= 4 is 12.1 Å². The van der Waals surface area contributed by atoms with Crippen LogP contribution in [-0.2, 0) is 14.3 Å². The van der Waals surface area contributed by atoms with Gasteiger partial charge in [-0.1, -0.05) is 0 Å². The van der Waals surface area contributed by atoms with Gasteiger partial charge in [-0.05, 0) is 86.2 Å². The van der Waals surface area contributed by atoms with E-state index in [2.05, 4.69) is 10.6 Å². The predicted molar refractivity (Wildman–Crippen MR) is 101 cm³/mol. The molecule has 6 heteroatoms. The van der Waals surface area contributed by atoms with Crippen LogP contribution in [0, 0.1) is 11.8 Å². The van der Waals surface area contributed by atoms with Crippen molar-refractivity contribution in [2.45, 2.75) is 90.4 Å². The van der Waals surface area contributed by atoms with Crippen LogP contribution in [0.4, 0.5) is 4.79 Å². The molecule has 0 aromatic heterocycles. The lowest BCUT2D eigenvalue weighted by Gasteiger charge is -2.38. The summed E-state index contributed by atoms with van der Waals surface area (Å²) in [6.45, 7) is 11.6. The van der Waals surface area contributed by atoms with Crippen molar-refractivity contribution in [1.29, 1.82) is 0 Å². The maximum atomic E-state index is 12.6. The Kier molecular flexibility index (Phi) is 6.94. The molecule has 26 heavy (non-hydrogen) atoms. The van der Waals surface area contributed by atoms with E-state index < -0.39 is 11.2 Å². The molecular formula is C20H36N2O4. The van der Waals surface area contributed by atoms with Crippen molar-refractivity contribution in [3.8, 4) is 0 Å². The molecule has 1 saturated carbocycles. The summed E-state index contributed by atoms with van der Waals surface area (Å²) >= 11 is 0. The normalized spacial score (nSPS) is 25.4. The van der Waals surface area contributed by atoms with E-state index in [4.69, 9.17) is 9.47 Å². The van der Waals surface area contributed by atoms with E-state index in [0.29, 0.717) is 5.92 Å². The highest BCUT2D eigenvalue weighted by Crippen LogP contribution is 2.32. The number of carbonyl (C=O) groups is 2. The van der Waals surface area contributed by atoms with Crippen LogP contribution in [0.15, 0.2) is 0 Å². The fourth-order valence-electron chi connectivity index (χ4n) is 3.89. The molecule has 1 heterocycles. The third kappa shape index (κ3) is 6.45. The maximum Gasteiger partial charge on any atom is 0.407 e. The summed E-state index contributed by atoms with van der Waals surface area (Å²) in [5.41, 5.74) is -0.907. The molecule has 2 rings (SSSR count). The zero-order chi connectivity index (χ0) is 19.4. The average molecular weight is 369 g/mol. The lowest BCUT2D eigenvalue weighted by Crippen LogP contribution is -2.45. The molecule has 0 bridgehead atoms. The highest BCUT2D eigenvalue weighted by Gasteiger charge is 2.37. The van der Waals surface area contributed by atoms with Crippen LogP contribution < -0.4 is 10.6 Å². The van der Waals surface area contributed by atoms with Crippen LogP contribution in [0.1, 0.15) is 73.1 Å². The fourth-order valence-corrected chi connectivity index (χ4v) is 3.89. The number of nitrogens with one attached hydrogen (secondary N) is 2. The summed E-state index contributed by atoms with van der Waals surface area (Å²) in [7, 11) is 0. The van der Waals surface area contributed by atoms with Gasteiger partial charge in [-0.15, -0.1) is 0 Å². The number of hydrogen-bond donors (Lipinski definition) is 2. The third-order valence-corrected chi connectivity index (χ3v) is 5.47. The van der Waals surface area contributed by atoms with Crippen LogP contribution in [0.5, 0.6) is 0 Å². The van der Waals surface area contributed by atoms with Crippen LogP contribution in [-0.4, -0.2) is 42.4 Å². The van der Waals surface area contributed by atoms with Crippen molar-refractivity contribution in [2.75, 3.05) is 13.1 Å². The number of amides is 1. The molecule has 2 N–H and O–H groups in total. The zero-order valence-electron chi connectivity index (χ0n) is 17.0. The quantitative estimate of drug-likeness (QED) is 0.744. The van der Waals surface area contributed by atoms with Gasteiger partial charge in [0.2, 0.25) is 0 Å². The van der Waals surface area contributed by atoms with Gasteiger partial charge in [-0.25, -0.2) is 4.79 Å². The fraction of sp³-hybridized carbons (Fsp3) is 0.900. The minimum absolute atomic E-state index is 0.0623. The van der Waals surface area contributed by atoms with Crippen LogP contribution in [0.2, 0.25) is 0 Å². The molecule has 6 nitrogen and oxygen atoms in total. The number of ether oxygens (including phenoxy) is 2. The summed E-state index contributed by atoms with van der Waals surface area (Å²) in [5.74, 6) is 0.273. The van der Waals surface area contributed by atoms with Gasteiger partial charge in [0.05, 0.1) is 5.92 Å². The van der Waals surface area contributed by atoms with E-state index in [1.807, 2.05) is 34.6 Å². The maximum absolute atomic E-state index is 12.6. The van der Waals surface area contributed by atoms with E-state index in [0.717, 1.165) is 51.6 Å². The van der Waals surface area contributed by atoms with Gasteiger partial charge in [0.15, 0.2) is 0 Å². The Hall–Kier alpha value is -1.30. The second-order valence-electron chi connectivity index (χ2n) is 9.24. The first-order valence-corrected chi connectivity index (χ1v) is 10.00. The molecular weight excluding hydrogens is 332 g/mol. The molecule has 2 aliphatic rings. The minimum Gasteiger partial charge on any atom is -0.459 e. The average Bonchev–Trinajstić information content (AvgIpc) is 2.54. The van der Waals surface area contributed by atoms with E-state index in [9.17, 15) is 9.59 Å². The van der Waals surface area contributed by atoms with Crippen molar-refractivity contribution in [3.05, 3.63) is 0 Å². The van der Waals surface area contributed by atoms with E-state index in [1.165, 1.54) is 0 Å². The molecule has 0 spiro atoms. The Morgan fingerprint density at radius 1 is 0.885 bits per heavy atom. The first-order chi connectivity index (χ1) is 12.1. The standard InChI is InChI=1S/C20H36N2O4/c1-19(2,3)26-18(24)22-16-8-6-14(7-9-16)17(23)25-20(4,5)15-10-12-21-13-11-15/h14-16,21H,6-13H2,1-5H3,(H,22,24). The molecule has 2 fully saturated rings. The first-order valence-electron chi connectivity index (χ1n) is 10.00. The number of esters is 1. The Morgan fingerprint density at radius 3 is 2.00 bits per heavy atom. The van der Waals surface area contributed by atoms with Gasteiger partial charge in [0, 0.05) is 12.0 Å². The van der Waals surface area contributed by atoms with Crippen molar-refractivity contribution < 1.29 is 19.1 Å². The highest BCUT2D eigenvalue weighted by molar-refractivity contribution is 5.73. The number of rotatable bonds is 4. The third-order valence-electron chi connectivity index (χ3n) is 5.47. The Morgan fingerprint density at radius 2 is 1.46 bits per heavy atom. The second-order valence-corrected chi connectivity index (χ2v) is 9.24. The lowest BCUT2D eigenvalue weighted by atomic mass is 9.82. The molecule has 1 amide bonds. The van der Waals surface area contributed by atoms with Gasteiger partial charge in [0.1, 0.15) is 11.2 Å². The summed E-state index contributed by atoms with van der Waals surface area (Å²) in [6.07, 6.45) is 4.79. The minimum atomic E-state index is -0.495. The number of carbonyl (C=O) groups excluding carboxylic acids is 2. The molecule has 0 atom stereocenters. The van der Waals surface area contributed by atoms with E-state index >= 15 is 0 Å². The van der Waals surface area contributed by atoms with Gasteiger partial charge < -0.3 is 20.1 Å². The topological polar surface area (TPSA) is 76.7 Å². The summed E-state index contributed by atoms with van der Waals surface area (Å²) in [5, 5.41) is 6.27. The predicted octanol–water partition coefficient (Wildman–Crippen LogP) is 3.39. The Labute approximate surface area is 157 Å². The summed E-state index contributed by atoms with van der Waals surface area (Å²) < 4.78 is 11.2. The molecule has 0 unspecified atom stereocenters. The number of alkyl carbamates (subject to hydrolysis) is 1. The number of hydrogen-bond acceptors (Lipinski definition) is 5. The van der Waals surface area contributed by atoms with E-state index in [1.54, 1.807) is 0 Å². The van der Waals surface area contributed by atoms with Crippen LogP contribution in [0.25, 0.3) is 0 Å². The second kappa shape index (κ2) is 8.59. The van der Waals surface area contributed by atoms with Gasteiger partial charge in [0.25, 0.3) is 0 Å². The molecule has 0 aromatic carbocycles. The monoisotopic (exact) mass is 368 g/mol.